The molecule has 1 aliphatic heterocycles. The molecular formula is C52H37Cl2O4. The Labute approximate surface area is 348 Å². The van der Waals surface area contributed by atoms with Crippen molar-refractivity contribution in [3.63, 3.8) is 0 Å². The molecular weight excluding hydrogens is 759 g/mol. The summed E-state index contributed by atoms with van der Waals surface area (Å²) in [5, 5.41) is 1.22. The number of halogens is 2. The van der Waals surface area contributed by atoms with E-state index in [-0.39, 0.29) is 6.79 Å². The fraction of sp³-hybridized carbons (Fsp3) is 0.0769. The van der Waals surface area contributed by atoms with Gasteiger partial charge in [-0.25, -0.2) is 0 Å². The van der Waals surface area contributed by atoms with Crippen LogP contribution in [0.3, 0.4) is 0 Å². The first-order valence-electron chi connectivity index (χ1n) is 19.0. The van der Waals surface area contributed by atoms with Crippen LogP contribution in [-0.2, 0) is 12.0 Å². The Bertz CT molecular complexity index is 2640. The molecule has 0 bridgehead atoms. The molecule has 58 heavy (non-hydrogen) atoms. The van der Waals surface area contributed by atoms with Gasteiger partial charge in [0.05, 0.1) is 7.11 Å². The highest BCUT2D eigenvalue weighted by molar-refractivity contribution is 6.33. The smallest absolute Gasteiger partial charge is 0.231 e. The molecule has 0 saturated heterocycles. The number of hydrogen-bond donors (Lipinski definition) is 0. The van der Waals surface area contributed by atoms with Gasteiger partial charge in [0.1, 0.15) is 11.5 Å². The van der Waals surface area contributed by atoms with Crippen LogP contribution >= 0.6 is 23.2 Å². The lowest BCUT2D eigenvalue weighted by Crippen LogP contribution is -2.37. The Balaban J connectivity index is 1.44. The predicted molar refractivity (Wildman–Crippen MR) is 234 cm³/mol. The fourth-order valence-electron chi connectivity index (χ4n) is 7.76. The minimum Gasteiger partial charge on any atom is -0.497 e. The Morgan fingerprint density at radius 1 is 0.569 bits per heavy atom. The van der Waals surface area contributed by atoms with Crippen molar-refractivity contribution in [2.75, 3.05) is 13.9 Å². The minimum atomic E-state index is -1.10. The summed E-state index contributed by atoms with van der Waals surface area (Å²) in [5.41, 5.74) is 8.75. The van der Waals surface area contributed by atoms with Gasteiger partial charge < -0.3 is 18.9 Å². The average molecular weight is 797 g/mol. The summed E-state index contributed by atoms with van der Waals surface area (Å²) in [4.78, 5) is 0. The molecule has 9 rings (SSSR count). The van der Waals surface area contributed by atoms with Gasteiger partial charge in [-0.2, -0.15) is 0 Å². The van der Waals surface area contributed by atoms with Crippen LogP contribution in [0, 0.1) is 6.07 Å². The van der Waals surface area contributed by atoms with Gasteiger partial charge in [-0.3, -0.25) is 0 Å². The Morgan fingerprint density at radius 2 is 1.14 bits per heavy atom. The molecule has 283 valence electrons. The second-order valence-electron chi connectivity index (χ2n) is 14.1. The predicted octanol–water partition coefficient (Wildman–Crippen LogP) is 13.8. The first-order chi connectivity index (χ1) is 28.5. The lowest BCUT2D eigenvalue weighted by Gasteiger charge is -2.38. The van der Waals surface area contributed by atoms with Gasteiger partial charge in [0.25, 0.3) is 0 Å². The van der Waals surface area contributed by atoms with Crippen LogP contribution in [0.15, 0.2) is 182 Å². The molecule has 0 saturated carbocycles. The molecule has 6 heteroatoms. The van der Waals surface area contributed by atoms with Crippen molar-refractivity contribution in [1.82, 2.24) is 0 Å². The summed E-state index contributed by atoms with van der Waals surface area (Å²) in [7, 11) is 1.67. The Morgan fingerprint density at radius 3 is 1.79 bits per heavy atom. The summed E-state index contributed by atoms with van der Waals surface area (Å²) in [6.45, 7) is 0.181. The lowest BCUT2D eigenvalue weighted by atomic mass is 9.79. The summed E-state index contributed by atoms with van der Waals surface area (Å²) >= 11 is 13.8. The second-order valence-corrected chi connectivity index (χ2v) is 14.9. The zero-order valence-corrected chi connectivity index (χ0v) is 33.1. The Hall–Kier alpha value is -6.46. The molecule has 1 heterocycles. The first kappa shape index (κ1) is 37.1. The quantitative estimate of drug-likeness (QED) is 0.131. The number of rotatable bonds is 11. The maximum absolute atomic E-state index is 8.12. The third-order valence-corrected chi connectivity index (χ3v) is 11.1. The number of benzene rings is 8. The van der Waals surface area contributed by atoms with Crippen molar-refractivity contribution in [3.8, 4) is 67.5 Å². The fourth-order valence-corrected chi connectivity index (χ4v) is 8.12. The summed E-state index contributed by atoms with van der Waals surface area (Å²) < 4.78 is 25.4. The lowest BCUT2D eigenvalue weighted by molar-refractivity contribution is 0.112. The van der Waals surface area contributed by atoms with Crippen molar-refractivity contribution in [2.45, 2.75) is 12.0 Å². The number of hydrogen-bond acceptors (Lipinski definition) is 4. The topological polar surface area (TPSA) is 36.9 Å². The summed E-state index contributed by atoms with van der Waals surface area (Å²) in [6, 6.07) is 65.0. The maximum atomic E-state index is 8.12. The molecule has 0 aliphatic carbocycles. The summed E-state index contributed by atoms with van der Waals surface area (Å²) in [6.07, 6.45) is 0.442. The van der Waals surface area contributed by atoms with E-state index in [0.717, 1.165) is 72.7 Å². The van der Waals surface area contributed by atoms with Crippen molar-refractivity contribution < 1.29 is 18.9 Å². The molecule has 0 unspecified atom stereocenters. The molecule has 1 aliphatic rings. The third-order valence-electron chi connectivity index (χ3n) is 10.6. The molecule has 0 N–H and O–H groups in total. The van der Waals surface area contributed by atoms with Crippen LogP contribution in [0.4, 0.5) is 0 Å². The first-order valence-corrected chi connectivity index (χ1v) is 19.8. The van der Waals surface area contributed by atoms with Crippen LogP contribution < -0.4 is 18.9 Å². The van der Waals surface area contributed by atoms with Crippen molar-refractivity contribution in [3.05, 3.63) is 215 Å². The zero-order valence-electron chi connectivity index (χ0n) is 31.6. The van der Waals surface area contributed by atoms with Gasteiger partial charge in [-0.15, -0.1) is 0 Å². The summed E-state index contributed by atoms with van der Waals surface area (Å²) in [5.74, 6) is 2.79. The van der Waals surface area contributed by atoms with Crippen LogP contribution in [0.5, 0.6) is 23.0 Å². The molecule has 0 atom stereocenters. The highest BCUT2D eigenvalue weighted by atomic mass is 35.5. The molecule has 0 amide bonds. The van der Waals surface area contributed by atoms with Gasteiger partial charge >= 0.3 is 0 Å². The number of ether oxygens (including phenoxy) is 4. The van der Waals surface area contributed by atoms with Crippen LogP contribution in [0.25, 0.3) is 44.5 Å². The van der Waals surface area contributed by atoms with E-state index in [2.05, 4.69) is 97.1 Å². The van der Waals surface area contributed by atoms with E-state index >= 15 is 0 Å². The van der Waals surface area contributed by atoms with E-state index < -0.39 is 5.60 Å². The highest BCUT2D eigenvalue weighted by Crippen LogP contribution is 2.54. The van der Waals surface area contributed by atoms with E-state index in [4.69, 9.17) is 42.1 Å². The number of fused-ring (bicyclic) bond motifs is 1. The van der Waals surface area contributed by atoms with E-state index in [1.165, 1.54) is 0 Å². The maximum Gasteiger partial charge on any atom is 0.231 e. The molecule has 0 fully saturated rings. The van der Waals surface area contributed by atoms with Crippen LogP contribution in [0.2, 0.25) is 10.0 Å². The van der Waals surface area contributed by atoms with Crippen LogP contribution in [-0.4, -0.2) is 13.9 Å². The monoisotopic (exact) mass is 795 g/mol. The average Bonchev–Trinajstić information content (AvgIpc) is 3.75. The molecule has 0 aromatic heterocycles. The van der Waals surface area contributed by atoms with E-state index in [0.29, 0.717) is 28.0 Å². The van der Waals surface area contributed by atoms with Crippen molar-refractivity contribution in [2.24, 2.45) is 0 Å². The van der Waals surface area contributed by atoms with Gasteiger partial charge in [-0.05, 0) is 64.7 Å². The highest BCUT2D eigenvalue weighted by Gasteiger charge is 2.40. The molecule has 8 aromatic rings. The largest absolute Gasteiger partial charge is 0.497 e. The van der Waals surface area contributed by atoms with Crippen LogP contribution in [0.1, 0.15) is 16.7 Å². The molecule has 1 radical (unpaired) electrons. The van der Waals surface area contributed by atoms with E-state index in [9.17, 15) is 0 Å². The van der Waals surface area contributed by atoms with Gasteiger partial charge in [0.15, 0.2) is 17.1 Å². The van der Waals surface area contributed by atoms with Gasteiger partial charge in [0, 0.05) is 61.5 Å². The standard InChI is InChI=1S/C52H37Cl2O4/c1-55-42-28-24-38(25-29-42)49-44(37-22-26-41(53)27-23-37)32-45(36-13-5-2-6-14-36)50(43-19-11-12-20-46(43)54)51(49)58-52(39-15-7-3-8-16-39,40-17-9-4-10-18-40)33-35-21-30-47-48(31-35)57-34-56-47/h2-31H,33-34H2,1H3. The van der Waals surface area contributed by atoms with Crippen molar-refractivity contribution >= 4 is 23.2 Å². The van der Waals surface area contributed by atoms with E-state index in [1.54, 1.807) is 7.11 Å². The third kappa shape index (κ3) is 7.18. The zero-order chi connectivity index (χ0) is 39.5. The Kier molecular flexibility index (Phi) is 10.4. The van der Waals surface area contributed by atoms with Gasteiger partial charge in [-0.1, -0.05) is 163 Å². The van der Waals surface area contributed by atoms with Gasteiger partial charge in [0.2, 0.25) is 6.79 Å². The minimum absolute atomic E-state index is 0.181. The van der Waals surface area contributed by atoms with E-state index in [1.807, 2.05) is 91.0 Å². The number of methoxy groups -OCH3 is 1. The SMILES string of the molecule is COc1ccc(-c2c(-c3ccc(Cl)cc3)[c]c(-c3ccccc3)c(-c3ccccc3Cl)c2OC(Cc2ccc3c(c2)OCO3)(c2ccccc2)c2ccccc2)cc1. The molecule has 4 nitrogen and oxygen atoms in total. The molecule has 0 spiro atoms. The van der Waals surface area contributed by atoms with Crippen molar-refractivity contribution in [1.29, 1.82) is 0 Å². The normalized spacial score (nSPS) is 12.0. The molecule has 8 aromatic carbocycles. The second kappa shape index (κ2) is 16.2.